The van der Waals surface area contributed by atoms with Gasteiger partial charge in [0.25, 0.3) is 0 Å². The molecule has 0 spiro atoms. The van der Waals surface area contributed by atoms with Gasteiger partial charge in [-0.25, -0.2) is 0 Å². The Labute approximate surface area is 180 Å². The lowest BCUT2D eigenvalue weighted by Crippen LogP contribution is -2.30. The van der Waals surface area contributed by atoms with Crippen LogP contribution >= 0.6 is 0 Å². The van der Waals surface area contributed by atoms with E-state index in [0.717, 1.165) is 32.4 Å². The number of hydrogen-bond donors (Lipinski definition) is 1. The van der Waals surface area contributed by atoms with E-state index in [0.29, 0.717) is 19.4 Å². The average molecular weight is 409 g/mol. The molecular formula is C25H48N2O2. The summed E-state index contributed by atoms with van der Waals surface area (Å²) >= 11 is 0. The summed E-state index contributed by atoms with van der Waals surface area (Å²) in [5.74, 6) is 0.446. The van der Waals surface area contributed by atoms with E-state index >= 15 is 0 Å². The highest BCUT2D eigenvalue weighted by Gasteiger charge is 2.18. The lowest BCUT2D eigenvalue weighted by molar-refractivity contribution is -0.127. The molecule has 2 amide bonds. The van der Waals surface area contributed by atoms with Gasteiger partial charge in [-0.1, -0.05) is 96.8 Å². The minimum absolute atomic E-state index is 0.174. The second-order valence-corrected chi connectivity index (χ2v) is 8.89. The van der Waals surface area contributed by atoms with E-state index in [2.05, 4.69) is 12.2 Å². The molecule has 1 aliphatic heterocycles. The molecule has 170 valence electrons. The van der Waals surface area contributed by atoms with Crippen molar-refractivity contribution < 1.29 is 9.59 Å². The molecule has 0 radical (unpaired) electrons. The largest absolute Gasteiger partial charge is 0.356 e. The van der Waals surface area contributed by atoms with E-state index in [1.165, 1.54) is 89.9 Å². The van der Waals surface area contributed by atoms with Gasteiger partial charge in [0.2, 0.25) is 11.8 Å². The number of hydrogen-bond acceptors (Lipinski definition) is 2. The van der Waals surface area contributed by atoms with Gasteiger partial charge < -0.3 is 10.2 Å². The number of nitrogens with one attached hydrogen (secondary N) is 1. The van der Waals surface area contributed by atoms with Gasteiger partial charge in [-0.15, -0.1) is 0 Å². The number of amides is 2. The Morgan fingerprint density at radius 2 is 1.31 bits per heavy atom. The second-order valence-electron chi connectivity index (χ2n) is 8.89. The Hall–Kier alpha value is -1.06. The van der Waals surface area contributed by atoms with E-state index in [4.69, 9.17) is 0 Å². The van der Waals surface area contributed by atoms with Crippen LogP contribution in [0, 0.1) is 0 Å². The van der Waals surface area contributed by atoms with Gasteiger partial charge in [0.15, 0.2) is 0 Å². The van der Waals surface area contributed by atoms with Crippen LogP contribution in [0.1, 0.15) is 129 Å². The van der Waals surface area contributed by atoms with Crippen LogP contribution in [0.3, 0.4) is 0 Å². The number of likely N-dealkylation sites (tertiary alicyclic amines) is 1. The maximum atomic E-state index is 11.8. The van der Waals surface area contributed by atoms with Gasteiger partial charge in [0, 0.05) is 32.5 Å². The third-order valence-corrected chi connectivity index (χ3v) is 6.11. The molecule has 0 unspecified atom stereocenters. The van der Waals surface area contributed by atoms with Gasteiger partial charge in [-0.05, 0) is 19.3 Å². The standard InChI is InChI=1S/C25H48N2O2/c1-2-3-4-5-6-7-8-9-10-11-12-13-14-15-16-19-24(28)26-21-18-23-27-22-17-20-25(27)29/h2-23H2,1H3,(H,26,28). The summed E-state index contributed by atoms with van der Waals surface area (Å²) in [6.45, 7) is 4.66. The molecule has 1 heterocycles. The van der Waals surface area contributed by atoms with Gasteiger partial charge in [0.1, 0.15) is 0 Å². The molecule has 1 N–H and O–H groups in total. The van der Waals surface area contributed by atoms with Crippen LogP contribution in [0.5, 0.6) is 0 Å². The van der Waals surface area contributed by atoms with Crippen LogP contribution in [-0.4, -0.2) is 36.3 Å². The Morgan fingerprint density at radius 3 is 1.79 bits per heavy atom. The Bertz CT molecular complexity index is 412. The first-order valence-electron chi connectivity index (χ1n) is 12.8. The molecule has 1 rings (SSSR count). The van der Waals surface area contributed by atoms with Crippen molar-refractivity contribution >= 4 is 11.8 Å². The summed E-state index contributed by atoms with van der Waals surface area (Å²) in [5.41, 5.74) is 0. The lowest BCUT2D eigenvalue weighted by Gasteiger charge is -2.15. The summed E-state index contributed by atoms with van der Waals surface area (Å²) in [4.78, 5) is 25.3. The van der Waals surface area contributed by atoms with Crippen molar-refractivity contribution in [2.45, 2.75) is 129 Å². The predicted molar refractivity (Wildman–Crippen MR) is 123 cm³/mol. The monoisotopic (exact) mass is 408 g/mol. The fourth-order valence-electron chi connectivity index (χ4n) is 4.18. The van der Waals surface area contributed by atoms with Crippen molar-refractivity contribution in [2.24, 2.45) is 0 Å². The molecule has 0 aromatic carbocycles. The zero-order valence-electron chi connectivity index (χ0n) is 19.3. The first-order valence-corrected chi connectivity index (χ1v) is 12.8. The predicted octanol–water partition coefficient (Wildman–Crippen LogP) is 6.38. The molecular weight excluding hydrogens is 360 g/mol. The zero-order chi connectivity index (χ0) is 21.0. The van der Waals surface area contributed by atoms with Crippen LogP contribution in [0.4, 0.5) is 0 Å². The van der Waals surface area contributed by atoms with E-state index in [1.54, 1.807) is 0 Å². The molecule has 1 saturated heterocycles. The molecule has 4 nitrogen and oxygen atoms in total. The van der Waals surface area contributed by atoms with Crippen LogP contribution in [-0.2, 0) is 9.59 Å². The number of nitrogens with zero attached hydrogens (tertiary/aromatic N) is 1. The average Bonchev–Trinajstić information content (AvgIpc) is 3.13. The summed E-state index contributed by atoms with van der Waals surface area (Å²) in [6.07, 6.45) is 23.5. The highest BCUT2D eigenvalue weighted by molar-refractivity contribution is 5.78. The van der Waals surface area contributed by atoms with Crippen molar-refractivity contribution in [1.82, 2.24) is 10.2 Å². The Balaban J connectivity index is 1.73. The molecule has 0 aromatic heterocycles. The molecule has 0 bridgehead atoms. The van der Waals surface area contributed by atoms with E-state index in [9.17, 15) is 9.59 Å². The molecule has 1 fully saturated rings. The van der Waals surface area contributed by atoms with Crippen molar-refractivity contribution in [2.75, 3.05) is 19.6 Å². The molecule has 0 atom stereocenters. The number of carbonyl (C=O) groups excluding carboxylic acids is 2. The van der Waals surface area contributed by atoms with Crippen molar-refractivity contribution in [3.8, 4) is 0 Å². The minimum atomic E-state index is 0.174. The number of carbonyl (C=O) groups is 2. The van der Waals surface area contributed by atoms with Gasteiger partial charge in [0.05, 0.1) is 0 Å². The molecule has 0 aliphatic carbocycles. The molecule has 0 aromatic rings. The quantitative estimate of drug-likeness (QED) is 0.238. The Kier molecular flexibility index (Phi) is 17.0. The van der Waals surface area contributed by atoms with Gasteiger partial charge >= 0.3 is 0 Å². The first kappa shape index (κ1) is 26.0. The topological polar surface area (TPSA) is 49.4 Å². The third-order valence-electron chi connectivity index (χ3n) is 6.11. The maximum absolute atomic E-state index is 11.8. The number of rotatable bonds is 20. The maximum Gasteiger partial charge on any atom is 0.222 e. The highest BCUT2D eigenvalue weighted by atomic mass is 16.2. The van der Waals surface area contributed by atoms with E-state index in [-0.39, 0.29) is 11.8 Å². The van der Waals surface area contributed by atoms with Crippen LogP contribution in [0.15, 0.2) is 0 Å². The van der Waals surface area contributed by atoms with Crippen molar-refractivity contribution in [3.63, 3.8) is 0 Å². The third kappa shape index (κ3) is 15.4. The lowest BCUT2D eigenvalue weighted by atomic mass is 10.0. The minimum Gasteiger partial charge on any atom is -0.356 e. The second kappa shape index (κ2) is 18.9. The summed E-state index contributed by atoms with van der Waals surface area (Å²) in [7, 11) is 0. The smallest absolute Gasteiger partial charge is 0.222 e. The SMILES string of the molecule is CCCCCCCCCCCCCCCCCC(=O)NCCCN1CCCC1=O. The van der Waals surface area contributed by atoms with Crippen molar-refractivity contribution in [3.05, 3.63) is 0 Å². The van der Waals surface area contributed by atoms with E-state index in [1.807, 2.05) is 4.90 Å². The molecule has 29 heavy (non-hydrogen) atoms. The Morgan fingerprint density at radius 1 is 0.793 bits per heavy atom. The normalized spacial score (nSPS) is 14.0. The van der Waals surface area contributed by atoms with Gasteiger partial charge in [-0.2, -0.15) is 0 Å². The summed E-state index contributed by atoms with van der Waals surface area (Å²) < 4.78 is 0. The summed E-state index contributed by atoms with van der Waals surface area (Å²) in [6, 6.07) is 0. The van der Waals surface area contributed by atoms with Crippen molar-refractivity contribution in [1.29, 1.82) is 0 Å². The molecule has 1 aliphatic rings. The first-order chi connectivity index (χ1) is 14.2. The fraction of sp³-hybridized carbons (Fsp3) is 0.920. The highest BCUT2D eigenvalue weighted by Crippen LogP contribution is 2.14. The molecule has 4 heteroatoms. The van der Waals surface area contributed by atoms with Gasteiger partial charge in [-0.3, -0.25) is 9.59 Å². The summed E-state index contributed by atoms with van der Waals surface area (Å²) in [5, 5.41) is 2.99. The van der Waals surface area contributed by atoms with Crippen LogP contribution in [0.2, 0.25) is 0 Å². The van der Waals surface area contributed by atoms with E-state index < -0.39 is 0 Å². The fourth-order valence-corrected chi connectivity index (χ4v) is 4.18. The zero-order valence-corrected chi connectivity index (χ0v) is 19.3. The number of unbranched alkanes of at least 4 members (excludes halogenated alkanes) is 14. The molecule has 0 saturated carbocycles. The van der Waals surface area contributed by atoms with Crippen LogP contribution < -0.4 is 5.32 Å². The van der Waals surface area contributed by atoms with Crippen LogP contribution in [0.25, 0.3) is 0 Å².